The Morgan fingerprint density at radius 2 is 1.81 bits per heavy atom. The van der Waals surface area contributed by atoms with Crippen LogP contribution in [0.4, 0.5) is 33.3 Å². The molecule has 1 aliphatic heterocycles. The Hall–Kier alpha value is -3.45. The van der Waals surface area contributed by atoms with Crippen molar-refractivity contribution in [2.45, 2.75) is 6.18 Å². The summed E-state index contributed by atoms with van der Waals surface area (Å²) < 4.78 is 71.2. The molecule has 0 atom stereocenters. The monoisotopic (exact) mass is 437 g/mol. The van der Waals surface area contributed by atoms with Crippen molar-refractivity contribution in [3.63, 3.8) is 0 Å². The highest BCUT2D eigenvalue weighted by Gasteiger charge is 2.32. The molecular weight excluding hydrogens is 421 g/mol. The van der Waals surface area contributed by atoms with Crippen LogP contribution in [0.15, 0.2) is 42.0 Å². The fourth-order valence-electron chi connectivity index (χ4n) is 2.99. The van der Waals surface area contributed by atoms with Crippen LogP contribution in [0.25, 0.3) is 6.08 Å². The van der Waals surface area contributed by atoms with Gasteiger partial charge in [-0.2, -0.15) is 18.4 Å². The van der Waals surface area contributed by atoms with Crippen molar-refractivity contribution in [2.24, 2.45) is 0 Å². The Labute approximate surface area is 174 Å². The Morgan fingerprint density at radius 1 is 1.10 bits per heavy atom. The van der Waals surface area contributed by atoms with E-state index in [0.717, 1.165) is 36.4 Å². The number of anilines is 2. The number of ether oxygens (including phenoxy) is 1. The second kappa shape index (κ2) is 9.14. The summed E-state index contributed by atoms with van der Waals surface area (Å²) in [5, 5.41) is 11.7. The second-order valence-corrected chi connectivity index (χ2v) is 6.63. The third-order valence-corrected chi connectivity index (χ3v) is 4.54. The number of morpholine rings is 1. The maximum atomic E-state index is 13.4. The third-order valence-electron chi connectivity index (χ3n) is 4.54. The van der Waals surface area contributed by atoms with E-state index in [9.17, 15) is 32.0 Å². The van der Waals surface area contributed by atoms with Crippen molar-refractivity contribution in [3.8, 4) is 6.07 Å². The summed E-state index contributed by atoms with van der Waals surface area (Å²) in [6, 6.07) is 7.36. The Bertz CT molecular complexity index is 1050. The van der Waals surface area contributed by atoms with Crippen LogP contribution in [-0.2, 0) is 15.7 Å². The van der Waals surface area contributed by atoms with Crippen LogP contribution < -0.4 is 10.2 Å². The quantitative estimate of drug-likeness (QED) is 0.439. The van der Waals surface area contributed by atoms with E-state index >= 15 is 0 Å². The van der Waals surface area contributed by atoms with Gasteiger partial charge in [0.15, 0.2) is 11.6 Å². The van der Waals surface area contributed by atoms with E-state index in [0.29, 0.717) is 26.3 Å². The molecule has 0 unspecified atom stereocenters. The van der Waals surface area contributed by atoms with Gasteiger partial charge in [0.2, 0.25) is 0 Å². The average molecular weight is 437 g/mol. The van der Waals surface area contributed by atoms with E-state index < -0.39 is 34.9 Å². The lowest BCUT2D eigenvalue weighted by atomic mass is 10.1. The number of nitriles is 1. The molecule has 1 amide bonds. The van der Waals surface area contributed by atoms with Gasteiger partial charge >= 0.3 is 6.18 Å². The maximum Gasteiger partial charge on any atom is 0.416 e. The SMILES string of the molecule is N#C/C(=C/c1ccc(F)c(F)c1)C(=O)Nc1ccc(C(F)(F)F)cc1N1CCOCC1. The molecule has 3 rings (SSSR count). The van der Waals surface area contributed by atoms with Crippen LogP contribution in [0.5, 0.6) is 0 Å². The summed E-state index contributed by atoms with van der Waals surface area (Å²) in [7, 11) is 0. The number of hydrogen-bond donors (Lipinski definition) is 1. The molecule has 5 nitrogen and oxygen atoms in total. The Kier molecular flexibility index (Phi) is 6.56. The van der Waals surface area contributed by atoms with Crippen LogP contribution >= 0.6 is 0 Å². The lowest BCUT2D eigenvalue weighted by Crippen LogP contribution is -2.37. The molecule has 1 saturated heterocycles. The first kappa shape index (κ1) is 22.2. The van der Waals surface area contributed by atoms with E-state index in [-0.39, 0.29) is 16.9 Å². The largest absolute Gasteiger partial charge is 0.416 e. The Balaban J connectivity index is 1.92. The molecule has 162 valence electrons. The van der Waals surface area contributed by atoms with Crippen molar-refractivity contribution in [2.75, 3.05) is 36.5 Å². The molecule has 31 heavy (non-hydrogen) atoms. The molecule has 0 radical (unpaired) electrons. The van der Waals surface area contributed by atoms with Gasteiger partial charge in [0.1, 0.15) is 11.6 Å². The molecule has 2 aromatic carbocycles. The summed E-state index contributed by atoms with van der Waals surface area (Å²) in [4.78, 5) is 14.2. The van der Waals surface area contributed by atoms with Gasteiger partial charge in [-0.25, -0.2) is 8.78 Å². The van der Waals surface area contributed by atoms with Crippen molar-refractivity contribution in [3.05, 3.63) is 64.7 Å². The summed E-state index contributed by atoms with van der Waals surface area (Å²) >= 11 is 0. The number of nitrogens with one attached hydrogen (secondary N) is 1. The molecule has 0 saturated carbocycles. The van der Waals surface area contributed by atoms with Gasteiger partial charge in [-0.15, -0.1) is 0 Å². The van der Waals surface area contributed by atoms with Gasteiger partial charge in [-0.05, 0) is 42.0 Å². The highest BCUT2D eigenvalue weighted by Crippen LogP contribution is 2.36. The van der Waals surface area contributed by atoms with Gasteiger partial charge in [0, 0.05) is 13.1 Å². The lowest BCUT2D eigenvalue weighted by molar-refractivity contribution is -0.137. The number of alkyl halides is 3. The minimum Gasteiger partial charge on any atom is -0.378 e. The second-order valence-electron chi connectivity index (χ2n) is 6.63. The summed E-state index contributed by atoms with van der Waals surface area (Å²) in [6.07, 6.45) is -3.52. The number of carbonyl (C=O) groups is 1. The highest BCUT2D eigenvalue weighted by atomic mass is 19.4. The maximum absolute atomic E-state index is 13.4. The van der Waals surface area contributed by atoms with E-state index in [1.807, 2.05) is 0 Å². The molecule has 1 heterocycles. The van der Waals surface area contributed by atoms with Gasteiger partial charge in [-0.1, -0.05) is 6.07 Å². The molecule has 1 N–H and O–H groups in total. The third kappa shape index (κ3) is 5.38. The normalized spacial score (nSPS) is 14.8. The molecule has 0 aliphatic carbocycles. The number of hydrogen-bond acceptors (Lipinski definition) is 4. The number of nitrogens with zero attached hydrogens (tertiary/aromatic N) is 2. The molecule has 0 bridgehead atoms. The molecular formula is C21H16F5N3O2. The minimum atomic E-state index is -4.58. The van der Waals surface area contributed by atoms with Crippen LogP contribution in [0, 0.1) is 23.0 Å². The van der Waals surface area contributed by atoms with E-state index in [1.54, 1.807) is 11.0 Å². The lowest BCUT2D eigenvalue weighted by Gasteiger charge is -2.31. The van der Waals surface area contributed by atoms with Crippen molar-refractivity contribution in [1.29, 1.82) is 5.26 Å². The van der Waals surface area contributed by atoms with Crippen LogP contribution in [-0.4, -0.2) is 32.2 Å². The minimum absolute atomic E-state index is 0.0753. The zero-order valence-corrected chi connectivity index (χ0v) is 16.0. The van der Waals surface area contributed by atoms with E-state index in [2.05, 4.69) is 5.32 Å². The number of halogens is 5. The average Bonchev–Trinajstić information content (AvgIpc) is 2.74. The van der Waals surface area contributed by atoms with E-state index in [4.69, 9.17) is 4.74 Å². The number of rotatable bonds is 4. The predicted molar refractivity (Wildman–Crippen MR) is 103 cm³/mol. The van der Waals surface area contributed by atoms with Crippen molar-refractivity contribution < 1.29 is 31.5 Å². The highest BCUT2D eigenvalue weighted by molar-refractivity contribution is 6.10. The summed E-state index contributed by atoms with van der Waals surface area (Å²) in [5.41, 5.74) is -1.03. The molecule has 1 fully saturated rings. The number of benzene rings is 2. The first-order chi connectivity index (χ1) is 14.7. The summed E-state index contributed by atoms with van der Waals surface area (Å²) in [6.45, 7) is 1.26. The van der Waals surface area contributed by atoms with E-state index in [1.165, 1.54) is 6.07 Å². The number of amides is 1. The van der Waals surface area contributed by atoms with Gasteiger partial charge < -0.3 is 15.0 Å². The van der Waals surface area contributed by atoms with Crippen LogP contribution in [0.1, 0.15) is 11.1 Å². The zero-order valence-electron chi connectivity index (χ0n) is 16.0. The van der Waals surface area contributed by atoms with Gasteiger partial charge in [0.25, 0.3) is 5.91 Å². The fourth-order valence-corrected chi connectivity index (χ4v) is 2.99. The Morgan fingerprint density at radius 3 is 2.42 bits per heavy atom. The molecule has 0 spiro atoms. The molecule has 0 aromatic heterocycles. The standard InChI is InChI=1S/C21H16F5N3O2/c22-16-3-1-13(10-17(16)23)9-14(12-27)20(30)28-18-4-2-15(21(24,25)26)11-19(18)29-5-7-31-8-6-29/h1-4,9-11H,5-8H2,(H,28,30)/b14-9-. The predicted octanol–water partition coefficient (Wildman–Crippen LogP) is 4.37. The fraction of sp³-hybridized carbons (Fsp3) is 0.238. The summed E-state index contributed by atoms with van der Waals surface area (Å²) in [5.74, 6) is -3.13. The zero-order chi connectivity index (χ0) is 22.6. The van der Waals surface area contributed by atoms with Crippen LogP contribution in [0.2, 0.25) is 0 Å². The smallest absolute Gasteiger partial charge is 0.378 e. The van der Waals surface area contributed by atoms with Gasteiger partial charge in [0.05, 0.1) is 30.2 Å². The van der Waals surface area contributed by atoms with Crippen molar-refractivity contribution in [1.82, 2.24) is 0 Å². The first-order valence-electron chi connectivity index (χ1n) is 9.11. The number of carbonyl (C=O) groups excluding carboxylic acids is 1. The topological polar surface area (TPSA) is 65.4 Å². The molecule has 10 heteroatoms. The molecule has 1 aliphatic rings. The van der Waals surface area contributed by atoms with Gasteiger partial charge in [-0.3, -0.25) is 4.79 Å². The van der Waals surface area contributed by atoms with Crippen molar-refractivity contribution >= 4 is 23.4 Å². The molecule has 2 aromatic rings. The van der Waals surface area contributed by atoms with Crippen LogP contribution in [0.3, 0.4) is 0 Å². The first-order valence-corrected chi connectivity index (χ1v) is 9.11.